The molecule has 0 spiro atoms. The predicted octanol–water partition coefficient (Wildman–Crippen LogP) is 2.39. The molecule has 0 aliphatic carbocycles. The van der Waals surface area contributed by atoms with E-state index >= 15 is 0 Å². The first kappa shape index (κ1) is 21.5. The molecule has 0 aromatic heterocycles. The van der Waals surface area contributed by atoms with Crippen LogP contribution in [0.1, 0.15) is 41.5 Å². The number of esters is 1. The minimum atomic E-state index is -4.52. The van der Waals surface area contributed by atoms with Crippen molar-refractivity contribution in [2.45, 2.75) is 32.5 Å². The van der Waals surface area contributed by atoms with E-state index in [1.165, 1.54) is 31.3 Å². The van der Waals surface area contributed by atoms with Crippen LogP contribution in [-0.4, -0.2) is 54.6 Å². The van der Waals surface area contributed by atoms with Crippen molar-refractivity contribution >= 4 is 17.8 Å². The minimum Gasteiger partial charge on any atom is -0.456 e. The third-order valence-electron chi connectivity index (χ3n) is 2.98. The minimum absolute atomic E-state index is 0.184. The summed E-state index contributed by atoms with van der Waals surface area (Å²) in [5.74, 6) is -2.04. The van der Waals surface area contributed by atoms with Gasteiger partial charge in [0.1, 0.15) is 12.1 Å². The number of benzene rings is 1. The van der Waals surface area contributed by atoms with Gasteiger partial charge in [0.15, 0.2) is 0 Å². The fraction of sp³-hybridized carbons (Fsp3) is 0.471. The SMILES string of the molecule is CN(CC(=O)NCC(F)(F)F)C(=O)c1ccc(C(=O)OC(C)(C)C)cc1. The van der Waals surface area contributed by atoms with E-state index in [1.807, 2.05) is 0 Å². The lowest BCUT2D eigenvalue weighted by Gasteiger charge is -2.20. The van der Waals surface area contributed by atoms with Gasteiger partial charge in [0.05, 0.1) is 12.1 Å². The Labute approximate surface area is 149 Å². The zero-order chi connectivity index (χ0) is 20.1. The molecule has 0 heterocycles. The van der Waals surface area contributed by atoms with E-state index in [4.69, 9.17) is 4.74 Å². The number of hydrogen-bond acceptors (Lipinski definition) is 4. The summed E-state index contributed by atoms with van der Waals surface area (Å²) in [6.07, 6.45) is -4.52. The fourth-order valence-corrected chi connectivity index (χ4v) is 1.85. The quantitative estimate of drug-likeness (QED) is 0.803. The second-order valence-electron chi connectivity index (χ2n) is 6.63. The molecule has 0 unspecified atom stereocenters. The summed E-state index contributed by atoms with van der Waals surface area (Å²) in [6, 6.07) is 5.56. The van der Waals surface area contributed by atoms with Gasteiger partial charge in [-0.3, -0.25) is 9.59 Å². The molecular weight excluding hydrogens is 353 g/mol. The lowest BCUT2D eigenvalue weighted by atomic mass is 10.1. The summed E-state index contributed by atoms with van der Waals surface area (Å²) in [5, 5.41) is 1.69. The average Bonchev–Trinajstić information content (AvgIpc) is 2.50. The van der Waals surface area contributed by atoms with Crippen molar-refractivity contribution < 1.29 is 32.3 Å². The number of rotatable bonds is 5. The number of carbonyl (C=O) groups is 3. The topological polar surface area (TPSA) is 75.7 Å². The molecule has 0 saturated carbocycles. The maximum Gasteiger partial charge on any atom is 0.405 e. The molecule has 1 rings (SSSR count). The highest BCUT2D eigenvalue weighted by molar-refractivity contribution is 5.97. The summed E-state index contributed by atoms with van der Waals surface area (Å²) < 4.78 is 41.3. The van der Waals surface area contributed by atoms with Gasteiger partial charge in [-0.2, -0.15) is 13.2 Å². The highest BCUT2D eigenvalue weighted by Gasteiger charge is 2.28. The van der Waals surface area contributed by atoms with Crippen molar-refractivity contribution in [3.05, 3.63) is 35.4 Å². The Bertz CT molecular complexity index is 664. The molecule has 1 aromatic rings. The fourth-order valence-electron chi connectivity index (χ4n) is 1.85. The van der Waals surface area contributed by atoms with E-state index in [9.17, 15) is 27.6 Å². The highest BCUT2D eigenvalue weighted by atomic mass is 19.4. The van der Waals surface area contributed by atoms with Crippen molar-refractivity contribution in [2.75, 3.05) is 20.1 Å². The van der Waals surface area contributed by atoms with E-state index in [-0.39, 0.29) is 11.1 Å². The molecule has 0 aliphatic rings. The number of halogens is 3. The zero-order valence-corrected chi connectivity index (χ0v) is 14.9. The molecule has 1 aromatic carbocycles. The van der Waals surface area contributed by atoms with Gasteiger partial charge < -0.3 is 15.0 Å². The molecule has 6 nitrogen and oxygen atoms in total. The molecule has 1 N–H and O–H groups in total. The largest absolute Gasteiger partial charge is 0.456 e. The second kappa shape index (κ2) is 8.20. The Hall–Kier alpha value is -2.58. The third kappa shape index (κ3) is 7.54. The molecule has 144 valence electrons. The number of alkyl halides is 3. The molecule has 2 amide bonds. The number of nitrogens with zero attached hydrogens (tertiary/aromatic N) is 1. The molecule has 0 saturated heterocycles. The molecule has 0 bridgehead atoms. The number of carbonyl (C=O) groups excluding carboxylic acids is 3. The average molecular weight is 374 g/mol. The van der Waals surface area contributed by atoms with Crippen LogP contribution in [0.3, 0.4) is 0 Å². The van der Waals surface area contributed by atoms with Crippen LogP contribution in [0.15, 0.2) is 24.3 Å². The summed E-state index contributed by atoms with van der Waals surface area (Å²) in [5.41, 5.74) is -0.222. The van der Waals surface area contributed by atoms with E-state index in [0.717, 1.165) is 4.90 Å². The second-order valence-corrected chi connectivity index (χ2v) is 6.63. The Morgan fingerprint density at radius 2 is 1.54 bits per heavy atom. The Kier molecular flexibility index (Phi) is 6.77. The van der Waals surface area contributed by atoms with Gasteiger partial charge in [-0.1, -0.05) is 0 Å². The summed E-state index contributed by atoms with van der Waals surface area (Å²) >= 11 is 0. The third-order valence-corrected chi connectivity index (χ3v) is 2.98. The van der Waals surface area contributed by atoms with Crippen LogP contribution in [-0.2, 0) is 9.53 Å². The first-order chi connectivity index (χ1) is 11.8. The van der Waals surface area contributed by atoms with E-state index in [1.54, 1.807) is 26.1 Å². The van der Waals surface area contributed by atoms with Crippen LogP contribution in [0.4, 0.5) is 13.2 Å². The Balaban J connectivity index is 2.67. The van der Waals surface area contributed by atoms with Gasteiger partial charge >= 0.3 is 12.1 Å². The Morgan fingerprint density at radius 1 is 1.04 bits per heavy atom. The predicted molar refractivity (Wildman–Crippen MR) is 87.6 cm³/mol. The normalized spacial score (nSPS) is 11.7. The lowest BCUT2D eigenvalue weighted by molar-refractivity contribution is -0.138. The van der Waals surface area contributed by atoms with Gasteiger partial charge in [-0.05, 0) is 45.0 Å². The first-order valence-electron chi connectivity index (χ1n) is 7.71. The molecule has 9 heteroatoms. The molecule has 0 fully saturated rings. The standard InChI is InChI=1S/C17H21F3N2O4/c1-16(2,3)26-15(25)12-7-5-11(6-8-12)14(24)22(4)9-13(23)21-10-17(18,19)20/h5-8H,9-10H2,1-4H3,(H,21,23). The van der Waals surface area contributed by atoms with Crippen LogP contribution in [0.25, 0.3) is 0 Å². The highest BCUT2D eigenvalue weighted by Crippen LogP contribution is 2.14. The number of likely N-dealkylation sites (N-methyl/N-ethyl adjacent to an activating group) is 1. The van der Waals surface area contributed by atoms with E-state index < -0.39 is 42.7 Å². The van der Waals surface area contributed by atoms with Gasteiger partial charge in [-0.25, -0.2) is 4.79 Å². The van der Waals surface area contributed by atoms with Gasteiger partial charge in [0.2, 0.25) is 5.91 Å². The number of hydrogen-bond donors (Lipinski definition) is 1. The van der Waals surface area contributed by atoms with Crippen LogP contribution in [0.2, 0.25) is 0 Å². The van der Waals surface area contributed by atoms with Crippen LogP contribution in [0.5, 0.6) is 0 Å². The van der Waals surface area contributed by atoms with E-state index in [0.29, 0.717) is 0 Å². The Morgan fingerprint density at radius 3 is 2.00 bits per heavy atom. The smallest absolute Gasteiger partial charge is 0.405 e. The molecule has 0 atom stereocenters. The van der Waals surface area contributed by atoms with Gasteiger partial charge in [0, 0.05) is 12.6 Å². The van der Waals surface area contributed by atoms with Gasteiger partial charge in [-0.15, -0.1) is 0 Å². The van der Waals surface area contributed by atoms with Gasteiger partial charge in [0.25, 0.3) is 5.91 Å². The summed E-state index contributed by atoms with van der Waals surface area (Å²) in [4.78, 5) is 36.5. The van der Waals surface area contributed by atoms with Crippen molar-refractivity contribution in [3.63, 3.8) is 0 Å². The summed E-state index contributed by atoms with van der Waals surface area (Å²) in [6.45, 7) is 3.19. The lowest BCUT2D eigenvalue weighted by Crippen LogP contribution is -2.41. The van der Waals surface area contributed by atoms with Crippen LogP contribution >= 0.6 is 0 Å². The molecular formula is C17H21F3N2O4. The molecule has 0 aliphatic heterocycles. The van der Waals surface area contributed by atoms with Crippen molar-refractivity contribution in [2.24, 2.45) is 0 Å². The molecule has 26 heavy (non-hydrogen) atoms. The van der Waals surface area contributed by atoms with Crippen molar-refractivity contribution in [1.29, 1.82) is 0 Å². The van der Waals surface area contributed by atoms with Crippen LogP contribution < -0.4 is 5.32 Å². The maximum atomic E-state index is 12.2. The monoisotopic (exact) mass is 374 g/mol. The zero-order valence-electron chi connectivity index (χ0n) is 14.9. The van der Waals surface area contributed by atoms with Crippen molar-refractivity contribution in [1.82, 2.24) is 10.2 Å². The van der Waals surface area contributed by atoms with E-state index in [2.05, 4.69) is 0 Å². The maximum absolute atomic E-state index is 12.2. The first-order valence-corrected chi connectivity index (χ1v) is 7.71. The summed E-state index contributed by atoms with van der Waals surface area (Å²) in [7, 11) is 1.29. The van der Waals surface area contributed by atoms with Crippen molar-refractivity contribution in [3.8, 4) is 0 Å². The number of ether oxygens (including phenoxy) is 1. The number of amides is 2. The van der Waals surface area contributed by atoms with Crippen LogP contribution in [0, 0.1) is 0 Å². The molecule has 0 radical (unpaired) electrons. The number of nitrogens with one attached hydrogen (secondary N) is 1.